The molecule has 1 N–H and O–H groups in total. The molecule has 3 atom stereocenters. The van der Waals surface area contributed by atoms with Crippen LogP contribution in [0.15, 0.2) is 0 Å². The second kappa shape index (κ2) is 2.96. The fourth-order valence-electron chi connectivity index (χ4n) is 2.85. The van der Waals surface area contributed by atoms with E-state index in [1.54, 1.807) is 0 Å². The van der Waals surface area contributed by atoms with Crippen molar-refractivity contribution in [1.29, 1.82) is 0 Å². The Labute approximate surface area is 80.3 Å². The van der Waals surface area contributed by atoms with Gasteiger partial charge in [0.1, 0.15) is 5.60 Å². The predicted molar refractivity (Wildman–Crippen MR) is 51.6 cm³/mol. The molecule has 2 heteroatoms. The van der Waals surface area contributed by atoms with E-state index in [1.807, 2.05) is 0 Å². The fourth-order valence-corrected chi connectivity index (χ4v) is 2.85. The normalized spacial score (nSPS) is 48.7. The van der Waals surface area contributed by atoms with Gasteiger partial charge in [0.25, 0.3) is 0 Å². The molecule has 0 unspecified atom stereocenters. The highest BCUT2D eigenvalue weighted by atomic mass is 16.6. The van der Waals surface area contributed by atoms with Crippen molar-refractivity contribution in [1.82, 2.24) is 0 Å². The van der Waals surface area contributed by atoms with E-state index in [0.29, 0.717) is 0 Å². The molecule has 2 aliphatic rings. The largest absolute Gasteiger partial charge is 0.390 e. The summed E-state index contributed by atoms with van der Waals surface area (Å²) in [6.45, 7) is 4.34. The van der Waals surface area contributed by atoms with Gasteiger partial charge in [-0.3, -0.25) is 0 Å². The van der Waals surface area contributed by atoms with Gasteiger partial charge in [-0.1, -0.05) is 19.8 Å². The van der Waals surface area contributed by atoms with Gasteiger partial charge in [-0.25, -0.2) is 0 Å². The van der Waals surface area contributed by atoms with E-state index in [4.69, 9.17) is 4.74 Å². The number of aliphatic hydroxyl groups is 1. The second-order valence-corrected chi connectivity index (χ2v) is 4.73. The second-order valence-electron chi connectivity index (χ2n) is 4.73. The summed E-state index contributed by atoms with van der Waals surface area (Å²) in [6.07, 6.45) is 6.37. The quantitative estimate of drug-likeness (QED) is 0.682. The van der Waals surface area contributed by atoms with Crippen molar-refractivity contribution in [2.75, 3.05) is 0 Å². The molecule has 1 saturated heterocycles. The third-order valence-corrected chi connectivity index (χ3v) is 3.83. The molecule has 76 valence electrons. The van der Waals surface area contributed by atoms with Crippen molar-refractivity contribution >= 4 is 0 Å². The number of epoxide rings is 1. The average Bonchev–Trinajstić information content (AvgIpc) is 2.71. The zero-order valence-corrected chi connectivity index (χ0v) is 8.68. The van der Waals surface area contributed by atoms with Crippen LogP contribution in [0.2, 0.25) is 0 Å². The van der Waals surface area contributed by atoms with Gasteiger partial charge in [0.2, 0.25) is 0 Å². The first-order valence-corrected chi connectivity index (χ1v) is 5.53. The standard InChI is InChI=1S/C11H20O2/c1-3-4-8-11-9(12)6-5-7-10(11,2)13-11/h9,12H,3-8H2,1-2H3/t9-,10+,11-/m0/s1. The first-order valence-electron chi connectivity index (χ1n) is 5.53. The van der Waals surface area contributed by atoms with Crippen LogP contribution < -0.4 is 0 Å². The van der Waals surface area contributed by atoms with Gasteiger partial charge in [0.15, 0.2) is 0 Å². The van der Waals surface area contributed by atoms with Crippen LogP contribution in [0.1, 0.15) is 52.4 Å². The van der Waals surface area contributed by atoms with E-state index in [1.165, 1.54) is 12.8 Å². The van der Waals surface area contributed by atoms with Crippen molar-refractivity contribution in [3.05, 3.63) is 0 Å². The average molecular weight is 184 g/mol. The Hall–Kier alpha value is -0.0800. The van der Waals surface area contributed by atoms with Gasteiger partial charge >= 0.3 is 0 Å². The lowest BCUT2D eigenvalue weighted by Gasteiger charge is -2.27. The van der Waals surface area contributed by atoms with Crippen molar-refractivity contribution in [2.45, 2.75) is 69.7 Å². The molecule has 1 aliphatic heterocycles. The molecule has 1 heterocycles. The SMILES string of the molecule is CCCC[C@@]12O[C@]1(C)CCC[C@@H]2O. The van der Waals surface area contributed by atoms with Crippen molar-refractivity contribution in [3.63, 3.8) is 0 Å². The Morgan fingerprint density at radius 1 is 1.54 bits per heavy atom. The van der Waals surface area contributed by atoms with Gasteiger partial charge in [0, 0.05) is 0 Å². The van der Waals surface area contributed by atoms with Crippen LogP contribution in [0, 0.1) is 0 Å². The number of rotatable bonds is 3. The molecule has 0 aromatic carbocycles. The van der Waals surface area contributed by atoms with E-state index in [0.717, 1.165) is 25.7 Å². The van der Waals surface area contributed by atoms with Gasteiger partial charge in [0.05, 0.1) is 11.7 Å². The molecule has 2 nitrogen and oxygen atoms in total. The van der Waals surface area contributed by atoms with Gasteiger partial charge in [-0.15, -0.1) is 0 Å². The Balaban J connectivity index is 2.04. The lowest BCUT2D eigenvalue weighted by molar-refractivity contribution is 0.0565. The molecule has 2 fully saturated rings. The van der Waals surface area contributed by atoms with E-state index < -0.39 is 0 Å². The molecular weight excluding hydrogens is 164 g/mol. The molecule has 0 bridgehead atoms. The number of unbranched alkanes of at least 4 members (excludes halogenated alkanes) is 1. The summed E-state index contributed by atoms with van der Waals surface area (Å²) in [6, 6.07) is 0. The summed E-state index contributed by atoms with van der Waals surface area (Å²) < 4.78 is 5.82. The first-order chi connectivity index (χ1) is 6.15. The Morgan fingerprint density at radius 2 is 2.31 bits per heavy atom. The van der Waals surface area contributed by atoms with Gasteiger partial charge in [-0.2, -0.15) is 0 Å². The minimum atomic E-state index is -0.210. The Bertz CT molecular complexity index is 204. The molecule has 0 radical (unpaired) electrons. The van der Waals surface area contributed by atoms with E-state index >= 15 is 0 Å². The van der Waals surface area contributed by atoms with Crippen LogP contribution in [0.25, 0.3) is 0 Å². The summed E-state index contributed by atoms with van der Waals surface area (Å²) in [4.78, 5) is 0. The first kappa shape index (κ1) is 9.47. The topological polar surface area (TPSA) is 32.8 Å². The van der Waals surface area contributed by atoms with Crippen LogP contribution in [0.3, 0.4) is 0 Å². The zero-order valence-electron chi connectivity index (χ0n) is 8.68. The van der Waals surface area contributed by atoms with Gasteiger partial charge < -0.3 is 9.84 Å². The number of aliphatic hydroxyl groups excluding tert-OH is 1. The van der Waals surface area contributed by atoms with Crippen molar-refractivity contribution in [3.8, 4) is 0 Å². The monoisotopic (exact) mass is 184 g/mol. The maximum Gasteiger partial charge on any atom is 0.123 e. The van der Waals surface area contributed by atoms with Crippen LogP contribution in [-0.4, -0.2) is 22.4 Å². The zero-order chi connectivity index (χ0) is 9.53. The van der Waals surface area contributed by atoms with Crippen LogP contribution in [-0.2, 0) is 4.74 Å². The van der Waals surface area contributed by atoms with Crippen LogP contribution >= 0.6 is 0 Å². The van der Waals surface area contributed by atoms with E-state index in [2.05, 4.69) is 13.8 Å². The van der Waals surface area contributed by atoms with Gasteiger partial charge in [-0.05, 0) is 32.6 Å². The van der Waals surface area contributed by atoms with Crippen molar-refractivity contribution in [2.24, 2.45) is 0 Å². The molecule has 2 rings (SSSR count). The minimum Gasteiger partial charge on any atom is -0.390 e. The predicted octanol–water partition coefficient (Wildman–Crippen LogP) is 2.25. The lowest BCUT2D eigenvalue weighted by atomic mass is 9.76. The lowest BCUT2D eigenvalue weighted by Crippen LogP contribution is -2.40. The molecular formula is C11H20O2. The molecule has 0 amide bonds. The van der Waals surface area contributed by atoms with E-state index in [9.17, 15) is 5.11 Å². The van der Waals surface area contributed by atoms with Crippen molar-refractivity contribution < 1.29 is 9.84 Å². The summed E-state index contributed by atoms with van der Waals surface area (Å²) in [5, 5.41) is 9.94. The number of ether oxygens (including phenoxy) is 1. The maximum atomic E-state index is 9.94. The van der Waals surface area contributed by atoms with Crippen LogP contribution in [0.4, 0.5) is 0 Å². The smallest absolute Gasteiger partial charge is 0.123 e. The number of fused-ring (bicyclic) bond motifs is 1. The molecule has 1 saturated carbocycles. The molecule has 13 heavy (non-hydrogen) atoms. The van der Waals surface area contributed by atoms with E-state index in [-0.39, 0.29) is 17.3 Å². The Kier molecular flexibility index (Phi) is 2.16. The molecule has 0 spiro atoms. The summed E-state index contributed by atoms with van der Waals surface area (Å²) in [5.74, 6) is 0. The highest BCUT2D eigenvalue weighted by molar-refractivity contribution is 5.19. The fraction of sp³-hybridized carbons (Fsp3) is 1.00. The molecule has 0 aromatic heterocycles. The third-order valence-electron chi connectivity index (χ3n) is 3.83. The third kappa shape index (κ3) is 1.23. The molecule has 0 aromatic rings. The maximum absolute atomic E-state index is 9.94. The minimum absolute atomic E-state index is 0.0137. The summed E-state index contributed by atoms with van der Waals surface area (Å²) in [5.41, 5.74) is -0.138. The highest BCUT2D eigenvalue weighted by Gasteiger charge is 2.70. The Morgan fingerprint density at radius 3 is 2.92 bits per heavy atom. The van der Waals surface area contributed by atoms with Crippen LogP contribution in [0.5, 0.6) is 0 Å². The molecule has 1 aliphatic carbocycles. The summed E-state index contributed by atoms with van der Waals surface area (Å²) in [7, 11) is 0. The highest BCUT2D eigenvalue weighted by Crippen LogP contribution is 2.59. The number of hydrogen-bond donors (Lipinski definition) is 1. The summed E-state index contributed by atoms with van der Waals surface area (Å²) >= 11 is 0. The number of hydrogen-bond acceptors (Lipinski definition) is 2.